The van der Waals surface area contributed by atoms with E-state index in [1.54, 1.807) is 46.7 Å². The molecule has 0 saturated heterocycles. The second-order valence-corrected chi connectivity index (χ2v) is 42.4. The van der Waals surface area contributed by atoms with Crippen LogP contribution in [0.25, 0.3) is 281 Å². The van der Waals surface area contributed by atoms with Gasteiger partial charge in [0.25, 0.3) is 0 Å². The maximum absolute atomic E-state index is 6.85. The van der Waals surface area contributed by atoms with Gasteiger partial charge < -0.3 is 8.83 Å². The number of fused-ring (bicyclic) bond motifs is 21. The van der Waals surface area contributed by atoms with Crippen molar-refractivity contribution in [2.45, 2.75) is 19.3 Å². The fraction of sp³-hybridized carbons (Fsp3) is 0.0222. The molecule has 0 bridgehead atoms. The van der Waals surface area contributed by atoms with Crippen molar-refractivity contribution in [3.8, 4) is 156 Å². The second-order valence-electron chi connectivity index (χ2n) is 38.2. The lowest BCUT2D eigenvalue weighted by Crippen LogP contribution is -2.15. The fourth-order valence-corrected chi connectivity index (χ4v) is 26.6. The molecule has 9 aromatic heterocycles. The molecule has 0 spiro atoms. The normalized spacial score (nSPS) is 12.2. The molecular weight excluding hydrogens is 1870 g/mol. The number of nitrogens with zero attached hydrogens (tertiary/aromatic N) is 6. The summed E-state index contributed by atoms with van der Waals surface area (Å²) in [5, 5.41) is 10.6. The van der Waals surface area contributed by atoms with Gasteiger partial charge in [-0.1, -0.05) is 384 Å². The third kappa shape index (κ3) is 15.4. The highest BCUT2D eigenvalue weighted by Crippen LogP contribution is 2.53. The molecule has 0 atom stereocenters. The minimum Gasteiger partial charge on any atom is -0.455 e. The zero-order chi connectivity index (χ0) is 97.3. The van der Waals surface area contributed by atoms with E-state index in [0.29, 0.717) is 0 Å². The molecule has 30 rings (SSSR count). The molecule has 12 heteroatoms. The lowest BCUT2D eigenvalue weighted by Gasteiger charge is -2.21. The predicted octanol–water partition coefficient (Wildman–Crippen LogP) is 38.7. The molecule has 20 aromatic carbocycles. The van der Waals surface area contributed by atoms with E-state index in [2.05, 4.69) is 468 Å². The molecule has 690 valence electrons. The summed E-state index contributed by atoms with van der Waals surface area (Å²) < 4.78 is 22.8. The predicted molar refractivity (Wildman–Crippen MR) is 620 cm³/mol. The highest BCUT2D eigenvalue weighted by Gasteiger charge is 2.36. The van der Waals surface area contributed by atoms with Gasteiger partial charge in [-0.3, -0.25) is 0 Å². The number of hydrogen-bond acceptors (Lipinski definition) is 12. The number of thiophene rings is 4. The summed E-state index contributed by atoms with van der Waals surface area (Å²) in [7, 11) is 0. The molecular formula is C135H84N6O2S4. The smallest absolute Gasteiger partial charge is 0.160 e. The largest absolute Gasteiger partial charge is 0.455 e. The zero-order valence-corrected chi connectivity index (χ0v) is 82.9. The SMILES string of the molecule is CC1(C)c2ccccc2-c2ccc(-c3nc(-c4cccc(-c5cccc6c5sc5ccccc56)c4)c4sc5ccccc5c4n3)cc21.c1cc(-c2cccc(-c3ncnc4c3sc3ccccc34)c2)cc(-c2cccc3c2oc2ccccc23)c1.c1ccc(-c2ccc(-c3ccc4oc5c(-c6cccc(-c7cccc(-c8ncnc9c8sc8ccccc89)c7)c6)cc(-c6ccc(-c7ccccc7)cc6)cc5c4c3)cc2)cc1. The summed E-state index contributed by atoms with van der Waals surface area (Å²) in [5.41, 5.74) is 39.9. The molecule has 147 heavy (non-hydrogen) atoms. The van der Waals surface area contributed by atoms with Crippen LogP contribution in [0.15, 0.2) is 483 Å². The molecule has 1 aliphatic rings. The van der Waals surface area contributed by atoms with Gasteiger partial charge in [0, 0.05) is 111 Å². The lowest BCUT2D eigenvalue weighted by atomic mass is 9.82. The van der Waals surface area contributed by atoms with Crippen LogP contribution >= 0.6 is 45.3 Å². The van der Waals surface area contributed by atoms with E-state index in [0.717, 1.165) is 181 Å². The Labute approximate surface area is 862 Å². The van der Waals surface area contributed by atoms with Crippen molar-refractivity contribution in [2.24, 2.45) is 0 Å². The number of furan rings is 2. The third-order valence-electron chi connectivity index (χ3n) is 29.1. The third-order valence-corrected chi connectivity index (χ3v) is 33.9. The molecule has 0 unspecified atom stereocenters. The Morgan fingerprint density at radius 3 is 1.14 bits per heavy atom. The van der Waals surface area contributed by atoms with Crippen LogP contribution in [0.2, 0.25) is 0 Å². The first kappa shape index (κ1) is 87.0. The number of aromatic nitrogens is 6. The van der Waals surface area contributed by atoms with Gasteiger partial charge >= 0.3 is 0 Å². The van der Waals surface area contributed by atoms with Crippen LogP contribution in [-0.4, -0.2) is 29.9 Å². The number of benzene rings is 20. The highest BCUT2D eigenvalue weighted by atomic mass is 32.1. The van der Waals surface area contributed by atoms with E-state index in [-0.39, 0.29) is 5.41 Å². The molecule has 9 heterocycles. The van der Waals surface area contributed by atoms with Crippen molar-refractivity contribution in [3.63, 3.8) is 0 Å². The molecule has 1 aliphatic carbocycles. The van der Waals surface area contributed by atoms with E-state index in [1.807, 2.05) is 23.5 Å². The highest BCUT2D eigenvalue weighted by molar-refractivity contribution is 7.27. The van der Waals surface area contributed by atoms with E-state index < -0.39 is 0 Å². The van der Waals surface area contributed by atoms with Gasteiger partial charge in [-0.05, 0) is 202 Å². The number of para-hydroxylation sites is 2. The molecule has 0 radical (unpaired) electrons. The van der Waals surface area contributed by atoms with Crippen molar-refractivity contribution in [3.05, 3.63) is 485 Å². The monoisotopic (exact) mass is 1950 g/mol. The quantitative estimate of drug-likeness (QED) is 0.112. The van der Waals surface area contributed by atoms with Crippen LogP contribution in [-0.2, 0) is 5.41 Å². The standard InChI is InChI=1S/C58H36N2OS.C43H28N2S2.C34H20N2OS/c1-3-11-37(12-4-1)39-21-25-41(26-22-39)45-29-30-53-51(33-45)52-35-48(42-27-23-40(24-28-42)38-13-5-2-6-14-38)34-50(57(52)61-53)46-17-9-15-43(31-46)44-16-10-18-47(32-44)55-58-56(60-36-59-55)49-19-7-8-20-54(49)62-58;1-43(2)34-18-6-3-13-29(34)30-22-21-27(24-35(30)43)42-44-38(41-39(45-42)33-15-5-8-20-37(33)47-41)26-12-9-11-25(23-26)28-16-10-17-32-31-14-4-7-19-36(31)46-40(28)32;1-3-16-29-26(12-1)27-15-7-14-25(33(27)37-29)23-10-5-8-21(18-23)22-9-6-11-24(19-22)31-34-32(36-20-35-31)28-13-2-4-17-30(28)38-34/h1-36H;3-24H,1-2H3;1-20H. The molecule has 0 saturated carbocycles. The average Bonchev–Trinajstić information content (AvgIpc) is 1.58. The van der Waals surface area contributed by atoms with Crippen molar-refractivity contribution >= 4 is 170 Å². The topological polar surface area (TPSA) is 104 Å². The first-order valence-electron chi connectivity index (χ1n) is 49.4. The van der Waals surface area contributed by atoms with Gasteiger partial charge in [0.05, 0.1) is 47.7 Å². The van der Waals surface area contributed by atoms with Gasteiger partial charge in [-0.25, -0.2) is 29.9 Å². The van der Waals surface area contributed by atoms with Gasteiger partial charge in [0.2, 0.25) is 0 Å². The molecule has 29 aromatic rings. The van der Waals surface area contributed by atoms with E-state index in [1.165, 1.54) is 112 Å². The van der Waals surface area contributed by atoms with Crippen molar-refractivity contribution in [2.75, 3.05) is 0 Å². The Kier molecular flexibility index (Phi) is 21.2. The summed E-state index contributed by atoms with van der Waals surface area (Å²) in [6.45, 7) is 4.65. The van der Waals surface area contributed by atoms with Crippen LogP contribution in [0.4, 0.5) is 0 Å². The summed E-state index contributed by atoms with van der Waals surface area (Å²) in [6.07, 6.45) is 3.37. The summed E-state index contributed by atoms with van der Waals surface area (Å²) in [4.78, 5) is 29.5. The Morgan fingerprint density at radius 1 is 0.190 bits per heavy atom. The molecule has 0 N–H and O–H groups in total. The molecule has 0 amide bonds. The van der Waals surface area contributed by atoms with Crippen LogP contribution in [0, 0.1) is 0 Å². The van der Waals surface area contributed by atoms with Crippen LogP contribution in [0.3, 0.4) is 0 Å². The zero-order valence-electron chi connectivity index (χ0n) is 79.7. The molecule has 8 nitrogen and oxygen atoms in total. The van der Waals surface area contributed by atoms with Gasteiger partial charge in [-0.2, -0.15) is 0 Å². The summed E-state index contributed by atoms with van der Waals surface area (Å²) in [6, 6.07) is 165. The van der Waals surface area contributed by atoms with Crippen LogP contribution in [0.5, 0.6) is 0 Å². The minimum absolute atomic E-state index is 0.0914. The molecule has 0 fully saturated rings. The maximum atomic E-state index is 6.85. The summed E-state index contributed by atoms with van der Waals surface area (Å²) >= 11 is 7.16. The number of rotatable bonds is 13. The summed E-state index contributed by atoms with van der Waals surface area (Å²) in [5.74, 6) is 0.766. The van der Waals surface area contributed by atoms with Crippen LogP contribution in [0.1, 0.15) is 25.0 Å². The van der Waals surface area contributed by atoms with Gasteiger partial charge in [0.1, 0.15) is 35.0 Å². The van der Waals surface area contributed by atoms with Crippen molar-refractivity contribution < 1.29 is 8.83 Å². The second kappa shape index (κ2) is 35.9. The van der Waals surface area contributed by atoms with E-state index in [9.17, 15) is 0 Å². The lowest BCUT2D eigenvalue weighted by molar-refractivity contribution is 0.660. The maximum Gasteiger partial charge on any atom is 0.160 e. The molecule has 0 aliphatic heterocycles. The Hall–Kier alpha value is -17.9. The van der Waals surface area contributed by atoms with E-state index >= 15 is 0 Å². The van der Waals surface area contributed by atoms with Crippen molar-refractivity contribution in [1.82, 2.24) is 29.9 Å². The first-order chi connectivity index (χ1) is 72.6. The fourth-order valence-electron chi connectivity index (χ4n) is 21.8. The Balaban J connectivity index is 0.000000110. The Bertz CT molecular complexity index is 10200. The van der Waals surface area contributed by atoms with Crippen molar-refractivity contribution in [1.29, 1.82) is 0 Å². The van der Waals surface area contributed by atoms with Gasteiger partial charge in [-0.15, -0.1) is 45.3 Å². The van der Waals surface area contributed by atoms with Crippen LogP contribution < -0.4 is 0 Å². The minimum atomic E-state index is -0.0914. The van der Waals surface area contributed by atoms with Gasteiger partial charge in [0.15, 0.2) is 5.82 Å². The first-order valence-corrected chi connectivity index (χ1v) is 52.7. The average molecular weight is 1950 g/mol. The Morgan fingerprint density at radius 2 is 0.551 bits per heavy atom. The number of hydrogen-bond donors (Lipinski definition) is 0. The van der Waals surface area contributed by atoms with E-state index in [4.69, 9.17) is 33.8 Å².